The summed E-state index contributed by atoms with van der Waals surface area (Å²) in [5.74, 6) is 0.244. The Hall–Kier alpha value is -3.48. The molecule has 3 aromatic rings. The first-order chi connectivity index (χ1) is 14.5. The normalized spacial score (nSPS) is 11.8. The highest BCUT2D eigenvalue weighted by atomic mass is 16.5. The number of aromatic nitrogens is 2. The number of aryl methyl sites for hydroxylation is 1. The molecule has 7 heteroatoms. The predicted molar refractivity (Wildman–Crippen MR) is 111 cm³/mol. The summed E-state index contributed by atoms with van der Waals surface area (Å²) in [6.07, 6.45) is 0.330. The van der Waals surface area contributed by atoms with Crippen molar-refractivity contribution in [1.29, 1.82) is 0 Å². The highest BCUT2D eigenvalue weighted by molar-refractivity contribution is 5.78. The fraction of sp³-hybridized carbons (Fsp3) is 0.304. The molecular formula is C23H25N3O4. The minimum absolute atomic E-state index is 0.0621. The average Bonchev–Trinajstić information content (AvgIpc) is 3.22. The van der Waals surface area contributed by atoms with Gasteiger partial charge < -0.3 is 14.5 Å². The van der Waals surface area contributed by atoms with Gasteiger partial charge in [-0.05, 0) is 31.5 Å². The zero-order valence-electron chi connectivity index (χ0n) is 17.1. The van der Waals surface area contributed by atoms with Crippen LogP contribution in [0.3, 0.4) is 0 Å². The standard InChI is InChI=1S/C23H25N3O4/c1-16(2)29-22(28)15-19(17-9-5-3-6-10-17)24-20(27)13-14-21-25-26-23(30-21)18-11-7-4-8-12-18/h3-12,16,19H,13-15H2,1-2H3,(H,24,27). The Balaban J connectivity index is 1.59. The van der Waals surface area contributed by atoms with Gasteiger partial charge in [0.2, 0.25) is 17.7 Å². The number of carbonyl (C=O) groups excluding carboxylic acids is 2. The number of amides is 1. The molecule has 2 aromatic carbocycles. The van der Waals surface area contributed by atoms with Crippen LogP contribution in [0.1, 0.15) is 44.2 Å². The number of benzene rings is 2. The van der Waals surface area contributed by atoms with E-state index in [1.807, 2.05) is 60.7 Å². The molecule has 1 unspecified atom stereocenters. The minimum atomic E-state index is -0.465. The molecule has 0 spiro atoms. The second-order valence-corrected chi connectivity index (χ2v) is 7.14. The van der Waals surface area contributed by atoms with Crippen LogP contribution >= 0.6 is 0 Å². The van der Waals surface area contributed by atoms with Gasteiger partial charge in [0.1, 0.15) is 0 Å². The minimum Gasteiger partial charge on any atom is -0.463 e. The average molecular weight is 407 g/mol. The van der Waals surface area contributed by atoms with Gasteiger partial charge >= 0.3 is 5.97 Å². The molecule has 1 amide bonds. The lowest BCUT2D eigenvalue weighted by Crippen LogP contribution is -2.31. The molecule has 156 valence electrons. The van der Waals surface area contributed by atoms with Crippen LogP contribution in [0.25, 0.3) is 11.5 Å². The molecule has 0 aliphatic carbocycles. The van der Waals surface area contributed by atoms with E-state index in [0.717, 1.165) is 11.1 Å². The quantitative estimate of drug-likeness (QED) is 0.541. The van der Waals surface area contributed by atoms with Gasteiger partial charge in [0.15, 0.2) is 0 Å². The Morgan fingerprint density at radius 3 is 2.33 bits per heavy atom. The fourth-order valence-electron chi connectivity index (χ4n) is 2.95. The van der Waals surface area contributed by atoms with E-state index in [2.05, 4.69) is 15.5 Å². The predicted octanol–water partition coefficient (Wildman–Crippen LogP) is 3.87. The van der Waals surface area contributed by atoms with Crippen molar-refractivity contribution in [3.05, 3.63) is 72.1 Å². The first kappa shape index (κ1) is 21.2. The first-order valence-electron chi connectivity index (χ1n) is 9.93. The third-order valence-electron chi connectivity index (χ3n) is 4.33. The van der Waals surface area contributed by atoms with Crippen LogP contribution in [-0.4, -0.2) is 28.2 Å². The Morgan fingerprint density at radius 2 is 1.67 bits per heavy atom. The van der Waals surface area contributed by atoms with Gasteiger partial charge in [-0.15, -0.1) is 10.2 Å². The summed E-state index contributed by atoms with van der Waals surface area (Å²) in [7, 11) is 0. The van der Waals surface area contributed by atoms with E-state index in [0.29, 0.717) is 18.2 Å². The van der Waals surface area contributed by atoms with Crippen LogP contribution in [0.2, 0.25) is 0 Å². The molecule has 0 aliphatic heterocycles. The molecule has 1 N–H and O–H groups in total. The Bertz CT molecular complexity index is 955. The van der Waals surface area contributed by atoms with Gasteiger partial charge in [0.25, 0.3) is 0 Å². The summed E-state index contributed by atoms with van der Waals surface area (Å²) in [5.41, 5.74) is 1.67. The summed E-state index contributed by atoms with van der Waals surface area (Å²) in [4.78, 5) is 24.7. The molecule has 0 fully saturated rings. The zero-order valence-corrected chi connectivity index (χ0v) is 17.1. The Kier molecular flexibility index (Phi) is 7.32. The van der Waals surface area contributed by atoms with Crippen LogP contribution in [0.5, 0.6) is 0 Å². The van der Waals surface area contributed by atoms with Gasteiger partial charge in [0, 0.05) is 18.4 Å². The summed E-state index contributed by atoms with van der Waals surface area (Å²) in [6.45, 7) is 3.59. The van der Waals surface area contributed by atoms with E-state index in [1.54, 1.807) is 13.8 Å². The summed E-state index contributed by atoms with van der Waals surface area (Å²) >= 11 is 0. The molecule has 0 saturated carbocycles. The van der Waals surface area contributed by atoms with Crippen LogP contribution in [0, 0.1) is 0 Å². The molecular weight excluding hydrogens is 382 g/mol. The monoisotopic (exact) mass is 407 g/mol. The first-order valence-corrected chi connectivity index (χ1v) is 9.93. The molecule has 7 nitrogen and oxygen atoms in total. The Labute approximate surface area is 175 Å². The van der Waals surface area contributed by atoms with Crippen molar-refractivity contribution in [3.8, 4) is 11.5 Å². The van der Waals surface area contributed by atoms with Crippen LogP contribution in [0.4, 0.5) is 0 Å². The number of hydrogen-bond acceptors (Lipinski definition) is 6. The van der Waals surface area contributed by atoms with Crippen molar-refractivity contribution in [2.24, 2.45) is 0 Å². The van der Waals surface area contributed by atoms with Gasteiger partial charge in [0.05, 0.1) is 18.6 Å². The van der Waals surface area contributed by atoms with Crippen molar-refractivity contribution in [3.63, 3.8) is 0 Å². The van der Waals surface area contributed by atoms with Crippen molar-refractivity contribution >= 4 is 11.9 Å². The van der Waals surface area contributed by atoms with E-state index in [9.17, 15) is 9.59 Å². The number of esters is 1. The van der Waals surface area contributed by atoms with E-state index in [1.165, 1.54) is 0 Å². The number of hydrogen-bond donors (Lipinski definition) is 1. The van der Waals surface area contributed by atoms with Gasteiger partial charge in [-0.3, -0.25) is 9.59 Å². The lowest BCUT2D eigenvalue weighted by atomic mass is 10.0. The van der Waals surface area contributed by atoms with Gasteiger partial charge in [-0.25, -0.2) is 0 Å². The summed E-state index contributed by atoms with van der Waals surface area (Å²) in [6, 6.07) is 18.3. The van der Waals surface area contributed by atoms with Gasteiger partial charge in [-0.2, -0.15) is 0 Å². The van der Waals surface area contributed by atoms with Gasteiger partial charge in [-0.1, -0.05) is 48.5 Å². The fourth-order valence-corrected chi connectivity index (χ4v) is 2.95. The van der Waals surface area contributed by atoms with E-state index < -0.39 is 6.04 Å². The third kappa shape index (κ3) is 6.27. The molecule has 30 heavy (non-hydrogen) atoms. The number of ether oxygens (including phenoxy) is 1. The highest BCUT2D eigenvalue weighted by Gasteiger charge is 2.20. The van der Waals surface area contributed by atoms with E-state index in [-0.39, 0.29) is 30.8 Å². The van der Waals surface area contributed by atoms with E-state index in [4.69, 9.17) is 9.15 Å². The highest BCUT2D eigenvalue weighted by Crippen LogP contribution is 2.19. The van der Waals surface area contributed by atoms with Crippen LogP contribution in [-0.2, 0) is 20.7 Å². The number of rotatable bonds is 9. The smallest absolute Gasteiger partial charge is 0.308 e. The van der Waals surface area contributed by atoms with Crippen molar-refractivity contribution < 1.29 is 18.7 Å². The maximum Gasteiger partial charge on any atom is 0.308 e. The van der Waals surface area contributed by atoms with Crippen molar-refractivity contribution in [2.75, 3.05) is 0 Å². The van der Waals surface area contributed by atoms with Crippen molar-refractivity contribution in [1.82, 2.24) is 15.5 Å². The number of nitrogens with one attached hydrogen (secondary N) is 1. The molecule has 1 atom stereocenters. The second kappa shape index (κ2) is 10.3. The number of carbonyl (C=O) groups is 2. The molecule has 0 aliphatic rings. The number of nitrogens with zero attached hydrogens (tertiary/aromatic N) is 2. The largest absolute Gasteiger partial charge is 0.463 e. The molecule has 0 radical (unpaired) electrons. The maximum atomic E-state index is 12.5. The van der Waals surface area contributed by atoms with Crippen LogP contribution in [0.15, 0.2) is 65.1 Å². The lowest BCUT2D eigenvalue weighted by Gasteiger charge is -2.19. The topological polar surface area (TPSA) is 94.3 Å². The molecule has 0 saturated heterocycles. The molecule has 1 heterocycles. The lowest BCUT2D eigenvalue weighted by molar-refractivity contribution is -0.148. The SMILES string of the molecule is CC(C)OC(=O)CC(NC(=O)CCc1nnc(-c2ccccc2)o1)c1ccccc1. The molecule has 3 rings (SSSR count). The van der Waals surface area contributed by atoms with E-state index >= 15 is 0 Å². The summed E-state index contributed by atoms with van der Waals surface area (Å²) in [5, 5.41) is 11.0. The summed E-state index contributed by atoms with van der Waals surface area (Å²) < 4.78 is 10.9. The zero-order chi connectivity index (χ0) is 21.3. The van der Waals surface area contributed by atoms with Crippen LogP contribution < -0.4 is 5.32 Å². The Morgan fingerprint density at radius 1 is 1.00 bits per heavy atom. The maximum absolute atomic E-state index is 12.5. The molecule has 1 aromatic heterocycles. The second-order valence-electron chi connectivity index (χ2n) is 7.14. The third-order valence-corrected chi connectivity index (χ3v) is 4.33. The van der Waals surface area contributed by atoms with Crippen molar-refractivity contribution in [2.45, 2.75) is 45.3 Å². The molecule has 0 bridgehead atoms.